The lowest BCUT2D eigenvalue weighted by Gasteiger charge is -2.19. The summed E-state index contributed by atoms with van der Waals surface area (Å²) in [4.78, 5) is 11.2. The lowest BCUT2D eigenvalue weighted by molar-refractivity contribution is -0.118. The number of ether oxygens (including phenoxy) is 1. The van der Waals surface area contributed by atoms with Crippen LogP contribution in [0.1, 0.15) is 25.8 Å². The molecule has 0 saturated heterocycles. The van der Waals surface area contributed by atoms with Crippen molar-refractivity contribution < 1.29 is 14.6 Å². The number of aliphatic hydroxyl groups is 1. The van der Waals surface area contributed by atoms with Crippen molar-refractivity contribution in [2.45, 2.75) is 39.0 Å². The van der Waals surface area contributed by atoms with Crippen LogP contribution in [0.25, 0.3) is 0 Å². The van der Waals surface area contributed by atoms with E-state index in [0.717, 1.165) is 11.3 Å². The summed E-state index contributed by atoms with van der Waals surface area (Å²) in [6.45, 7) is 4.59. The average molecular weight is 264 g/mol. The van der Waals surface area contributed by atoms with Gasteiger partial charge in [0.15, 0.2) is 6.61 Å². The summed E-state index contributed by atoms with van der Waals surface area (Å²) in [5.74, 6) is 0.584. The third kappa shape index (κ3) is 3.94. The van der Waals surface area contributed by atoms with E-state index in [1.807, 2.05) is 25.1 Å². The SMILES string of the molecule is CC(O)CC(C)NCc1ccc2c(c1)NC(=O)CO2. The van der Waals surface area contributed by atoms with Gasteiger partial charge in [-0.1, -0.05) is 6.07 Å². The highest BCUT2D eigenvalue weighted by Crippen LogP contribution is 2.28. The normalized spacial score (nSPS) is 17.1. The van der Waals surface area contributed by atoms with Crippen LogP contribution in [-0.2, 0) is 11.3 Å². The van der Waals surface area contributed by atoms with Crippen LogP contribution in [0.4, 0.5) is 5.69 Å². The number of rotatable bonds is 5. The molecule has 5 heteroatoms. The smallest absolute Gasteiger partial charge is 0.262 e. The van der Waals surface area contributed by atoms with Crippen molar-refractivity contribution >= 4 is 11.6 Å². The van der Waals surface area contributed by atoms with E-state index in [1.54, 1.807) is 6.92 Å². The third-order valence-electron chi connectivity index (χ3n) is 3.03. The standard InChI is InChI=1S/C14H20N2O3/c1-9(5-10(2)17)15-7-11-3-4-13-12(6-11)16-14(18)8-19-13/h3-4,6,9-10,15,17H,5,7-8H2,1-2H3,(H,16,18). The van der Waals surface area contributed by atoms with E-state index in [2.05, 4.69) is 10.6 Å². The van der Waals surface area contributed by atoms with Gasteiger partial charge in [0.2, 0.25) is 0 Å². The third-order valence-corrected chi connectivity index (χ3v) is 3.03. The molecule has 2 atom stereocenters. The Hall–Kier alpha value is -1.59. The first-order valence-electron chi connectivity index (χ1n) is 6.51. The maximum atomic E-state index is 11.2. The van der Waals surface area contributed by atoms with Crippen LogP contribution in [0.15, 0.2) is 18.2 Å². The molecule has 5 nitrogen and oxygen atoms in total. The molecular formula is C14H20N2O3. The van der Waals surface area contributed by atoms with E-state index in [1.165, 1.54) is 0 Å². The van der Waals surface area contributed by atoms with E-state index in [9.17, 15) is 9.90 Å². The van der Waals surface area contributed by atoms with Crippen LogP contribution in [0.3, 0.4) is 0 Å². The summed E-state index contributed by atoms with van der Waals surface area (Å²) >= 11 is 0. The van der Waals surface area contributed by atoms with Crippen molar-refractivity contribution in [3.63, 3.8) is 0 Å². The Morgan fingerprint density at radius 1 is 1.47 bits per heavy atom. The second kappa shape index (κ2) is 6.04. The molecule has 104 valence electrons. The number of hydrogen-bond donors (Lipinski definition) is 3. The Balaban J connectivity index is 1.94. The van der Waals surface area contributed by atoms with Crippen molar-refractivity contribution in [3.8, 4) is 5.75 Å². The second-order valence-electron chi connectivity index (χ2n) is 5.03. The summed E-state index contributed by atoms with van der Waals surface area (Å²) in [5.41, 5.74) is 1.79. The van der Waals surface area contributed by atoms with Gasteiger partial charge in [0, 0.05) is 12.6 Å². The highest BCUT2D eigenvalue weighted by atomic mass is 16.5. The minimum absolute atomic E-state index is 0.0794. The first-order chi connectivity index (χ1) is 9.04. The highest BCUT2D eigenvalue weighted by molar-refractivity contribution is 5.95. The lowest BCUT2D eigenvalue weighted by Crippen LogP contribution is -2.29. The molecule has 0 saturated carbocycles. The van der Waals surface area contributed by atoms with Gasteiger partial charge in [0.1, 0.15) is 5.75 Å². The Labute approximate surface area is 113 Å². The molecule has 1 aromatic carbocycles. The van der Waals surface area contributed by atoms with Gasteiger partial charge in [0.05, 0.1) is 11.8 Å². The zero-order valence-electron chi connectivity index (χ0n) is 11.3. The molecule has 2 rings (SSSR count). The van der Waals surface area contributed by atoms with Gasteiger partial charge < -0.3 is 20.5 Å². The molecule has 1 aromatic rings. The molecule has 0 bridgehead atoms. The molecule has 1 heterocycles. The first kappa shape index (κ1) is 13.8. The maximum Gasteiger partial charge on any atom is 0.262 e. The van der Waals surface area contributed by atoms with E-state index in [4.69, 9.17) is 4.74 Å². The summed E-state index contributed by atoms with van der Waals surface area (Å²) < 4.78 is 5.30. The number of carbonyl (C=O) groups excluding carboxylic acids is 1. The topological polar surface area (TPSA) is 70.6 Å². The summed E-state index contributed by atoms with van der Waals surface area (Å²) in [5, 5.41) is 15.4. The van der Waals surface area contributed by atoms with Crippen molar-refractivity contribution in [2.75, 3.05) is 11.9 Å². The van der Waals surface area contributed by atoms with E-state index < -0.39 is 0 Å². The number of anilines is 1. The molecule has 19 heavy (non-hydrogen) atoms. The molecule has 2 unspecified atom stereocenters. The van der Waals surface area contributed by atoms with Gasteiger partial charge in [-0.15, -0.1) is 0 Å². The monoisotopic (exact) mass is 264 g/mol. The molecule has 0 fully saturated rings. The molecular weight excluding hydrogens is 244 g/mol. The van der Waals surface area contributed by atoms with Crippen molar-refractivity contribution in [2.24, 2.45) is 0 Å². The molecule has 1 amide bonds. The fourth-order valence-corrected chi connectivity index (χ4v) is 2.13. The Bertz CT molecular complexity index is 460. The minimum atomic E-state index is -0.307. The fraction of sp³-hybridized carbons (Fsp3) is 0.500. The minimum Gasteiger partial charge on any atom is -0.482 e. The molecule has 0 aliphatic carbocycles. The van der Waals surface area contributed by atoms with Gasteiger partial charge in [-0.05, 0) is 38.0 Å². The molecule has 1 aliphatic heterocycles. The quantitative estimate of drug-likeness (QED) is 0.749. The van der Waals surface area contributed by atoms with Gasteiger partial charge in [-0.2, -0.15) is 0 Å². The number of carbonyl (C=O) groups is 1. The Morgan fingerprint density at radius 2 is 2.26 bits per heavy atom. The van der Waals surface area contributed by atoms with Gasteiger partial charge >= 0.3 is 0 Å². The second-order valence-corrected chi connectivity index (χ2v) is 5.03. The van der Waals surface area contributed by atoms with Crippen molar-refractivity contribution in [3.05, 3.63) is 23.8 Å². The highest BCUT2D eigenvalue weighted by Gasteiger charge is 2.16. The van der Waals surface area contributed by atoms with Crippen LogP contribution in [-0.4, -0.2) is 29.8 Å². The number of fused-ring (bicyclic) bond motifs is 1. The number of aliphatic hydroxyl groups excluding tert-OH is 1. The Kier molecular flexibility index (Phi) is 4.39. The predicted molar refractivity (Wildman–Crippen MR) is 73.2 cm³/mol. The molecule has 1 aliphatic rings. The average Bonchev–Trinajstić information content (AvgIpc) is 2.35. The summed E-state index contributed by atoms with van der Waals surface area (Å²) in [7, 11) is 0. The number of hydrogen-bond acceptors (Lipinski definition) is 4. The van der Waals surface area contributed by atoms with Crippen LogP contribution < -0.4 is 15.4 Å². The number of benzene rings is 1. The van der Waals surface area contributed by atoms with Crippen LogP contribution in [0, 0.1) is 0 Å². The molecule has 0 spiro atoms. The fourth-order valence-electron chi connectivity index (χ4n) is 2.13. The van der Waals surface area contributed by atoms with E-state index >= 15 is 0 Å². The lowest BCUT2D eigenvalue weighted by atomic mass is 10.1. The van der Waals surface area contributed by atoms with E-state index in [0.29, 0.717) is 18.7 Å². The summed E-state index contributed by atoms with van der Waals surface area (Å²) in [6, 6.07) is 5.99. The molecule has 0 radical (unpaired) electrons. The van der Waals surface area contributed by atoms with E-state index in [-0.39, 0.29) is 24.7 Å². The van der Waals surface area contributed by atoms with Crippen molar-refractivity contribution in [1.82, 2.24) is 5.32 Å². The van der Waals surface area contributed by atoms with Gasteiger partial charge in [0.25, 0.3) is 5.91 Å². The van der Waals surface area contributed by atoms with Crippen LogP contribution >= 0.6 is 0 Å². The van der Waals surface area contributed by atoms with Gasteiger partial charge in [-0.3, -0.25) is 4.79 Å². The predicted octanol–water partition coefficient (Wildman–Crippen LogP) is 1.27. The molecule has 3 N–H and O–H groups in total. The van der Waals surface area contributed by atoms with Crippen molar-refractivity contribution in [1.29, 1.82) is 0 Å². The zero-order valence-corrected chi connectivity index (χ0v) is 11.3. The van der Waals surface area contributed by atoms with Crippen LogP contribution in [0.2, 0.25) is 0 Å². The summed E-state index contributed by atoms with van der Waals surface area (Å²) in [6.07, 6.45) is 0.406. The molecule has 0 aromatic heterocycles. The maximum absolute atomic E-state index is 11.2. The number of amides is 1. The first-order valence-corrected chi connectivity index (χ1v) is 6.51. The van der Waals surface area contributed by atoms with Crippen LogP contribution in [0.5, 0.6) is 5.75 Å². The zero-order chi connectivity index (χ0) is 13.8. The van der Waals surface area contributed by atoms with Gasteiger partial charge in [-0.25, -0.2) is 0 Å². The largest absolute Gasteiger partial charge is 0.482 e. The number of nitrogens with one attached hydrogen (secondary N) is 2. The Morgan fingerprint density at radius 3 is 3.00 bits per heavy atom.